The van der Waals surface area contributed by atoms with Crippen molar-refractivity contribution in [3.05, 3.63) is 142 Å². The summed E-state index contributed by atoms with van der Waals surface area (Å²) in [4.78, 5) is 18.8. The number of anilines is 2. The number of aromatic nitrogens is 3. The third-order valence-electron chi connectivity index (χ3n) is 7.64. The lowest BCUT2D eigenvalue weighted by Gasteiger charge is -2.29. The molecule has 1 aromatic heterocycles. The molecule has 222 valence electrons. The molecular formula is C36H35N5O2S. The summed E-state index contributed by atoms with van der Waals surface area (Å²) >= 11 is 1.57. The Kier molecular flexibility index (Phi) is 8.52. The first-order valence-electron chi connectivity index (χ1n) is 14.6. The topological polar surface area (TPSA) is 81.1 Å². The summed E-state index contributed by atoms with van der Waals surface area (Å²) in [7, 11) is 0. The van der Waals surface area contributed by atoms with Gasteiger partial charge in [-0.2, -0.15) is 4.98 Å². The molecule has 0 bridgehead atoms. The van der Waals surface area contributed by atoms with E-state index in [0.717, 1.165) is 45.1 Å². The average Bonchev–Trinajstić information content (AvgIpc) is 3.43. The molecule has 1 amide bonds. The Morgan fingerprint density at radius 3 is 2.34 bits per heavy atom. The Labute approximate surface area is 262 Å². The minimum Gasteiger partial charge on any atom is -0.489 e. The number of rotatable bonds is 9. The van der Waals surface area contributed by atoms with Crippen LogP contribution >= 0.6 is 11.8 Å². The largest absolute Gasteiger partial charge is 0.489 e. The van der Waals surface area contributed by atoms with Gasteiger partial charge in [-0.15, -0.1) is 5.10 Å². The molecule has 8 heteroatoms. The number of ether oxygens (including phenoxy) is 1. The van der Waals surface area contributed by atoms with Crippen molar-refractivity contribution in [3.8, 4) is 5.75 Å². The number of benzene rings is 4. The molecule has 2 N–H and O–H groups in total. The maximum Gasteiger partial charge on any atom is 0.255 e. The summed E-state index contributed by atoms with van der Waals surface area (Å²) in [5.41, 5.74) is 8.67. The van der Waals surface area contributed by atoms with Crippen LogP contribution in [0.25, 0.3) is 0 Å². The minimum absolute atomic E-state index is 0.189. The third kappa shape index (κ3) is 6.55. The van der Waals surface area contributed by atoms with Gasteiger partial charge in [-0.25, -0.2) is 4.68 Å². The highest BCUT2D eigenvalue weighted by Gasteiger charge is 2.34. The van der Waals surface area contributed by atoms with Crippen LogP contribution in [0, 0.1) is 20.8 Å². The van der Waals surface area contributed by atoms with Gasteiger partial charge in [0.2, 0.25) is 11.1 Å². The lowest BCUT2D eigenvalue weighted by molar-refractivity contribution is -0.113. The quantitative estimate of drug-likeness (QED) is 0.167. The van der Waals surface area contributed by atoms with Crippen molar-refractivity contribution in [2.45, 2.75) is 51.3 Å². The lowest BCUT2D eigenvalue weighted by Crippen LogP contribution is -2.31. The molecule has 1 aliphatic rings. The van der Waals surface area contributed by atoms with E-state index in [1.807, 2.05) is 80.1 Å². The number of hydrogen-bond donors (Lipinski definition) is 2. The second-order valence-electron chi connectivity index (χ2n) is 11.1. The predicted molar refractivity (Wildman–Crippen MR) is 177 cm³/mol. The Balaban J connectivity index is 1.30. The first-order valence-corrected chi connectivity index (χ1v) is 15.6. The van der Waals surface area contributed by atoms with E-state index in [1.54, 1.807) is 11.8 Å². The van der Waals surface area contributed by atoms with Crippen LogP contribution < -0.4 is 15.4 Å². The van der Waals surface area contributed by atoms with Crippen molar-refractivity contribution in [2.75, 3.05) is 10.6 Å². The maximum atomic E-state index is 14.0. The van der Waals surface area contributed by atoms with Crippen molar-refractivity contribution in [1.82, 2.24) is 14.8 Å². The van der Waals surface area contributed by atoms with E-state index in [-0.39, 0.29) is 5.91 Å². The van der Waals surface area contributed by atoms with E-state index in [9.17, 15) is 4.79 Å². The maximum absolute atomic E-state index is 14.0. The average molecular weight is 602 g/mol. The smallest absolute Gasteiger partial charge is 0.255 e. The fourth-order valence-corrected chi connectivity index (χ4v) is 6.04. The van der Waals surface area contributed by atoms with E-state index >= 15 is 0 Å². The van der Waals surface area contributed by atoms with Gasteiger partial charge in [0.15, 0.2) is 0 Å². The molecule has 4 aromatic carbocycles. The molecule has 1 unspecified atom stereocenters. The molecule has 44 heavy (non-hydrogen) atoms. The third-order valence-corrected chi connectivity index (χ3v) is 8.55. The fraction of sp³-hybridized carbons (Fsp3) is 0.194. The summed E-state index contributed by atoms with van der Waals surface area (Å²) in [5.74, 6) is 1.91. The number of fused-ring (bicyclic) bond motifs is 1. The highest BCUT2D eigenvalue weighted by Crippen LogP contribution is 2.38. The molecule has 0 fully saturated rings. The van der Waals surface area contributed by atoms with Gasteiger partial charge >= 0.3 is 0 Å². The van der Waals surface area contributed by atoms with Gasteiger partial charge in [-0.3, -0.25) is 4.79 Å². The van der Waals surface area contributed by atoms with Gasteiger partial charge < -0.3 is 15.4 Å². The van der Waals surface area contributed by atoms with Crippen molar-refractivity contribution in [1.29, 1.82) is 0 Å². The van der Waals surface area contributed by atoms with Crippen LogP contribution in [0.3, 0.4) is 0 Å². The van der Waals surface area contributed by atoms with Crippen molar-refractivity contribution in [2.24, 2.45) is 0 Å². The predicted octanol–water partition coefficient (Wildman–Crippen LogP) is 8.00. The fourth-order valence-electron chi connectivity index (χ4n) is 5.26. The molecular weight excluding hydrogens is 566 g/mol. The number of hydrogen-bond acceptors (Lipinski definition) is 6. The summed E-state index contributed by atoms with van der Waals surface area (Å²) in [6.07, 6.45) is 0. The molecule has 5 aromatic rings. The number of nitrogens with zero attached hydrogens (tertiary/aromatic N) is 3. The monoisotopic (exact) mass is 601 g/mol. The van der Waals surface area contributed by atoms with Gasteiger partial charge in [0.25, 0.3) is 5.91 Å². The second kappa shape index (κ2) is 12.8. The van der Waals surface area contributed by atoms with E-state index < -0.39 is 6.04 Å². The number of carbonyl (C=O) groups is 1. The molecule has 0 spiro atoms. The standard InChI is InChI=1S/C36H35N5O2S/c1-23-10-13-27(14-11-23)21-43-30-17-15-29(16-18-30)33-32(34(42)38-31-19-12-24(2)20-25(31)3)26(4)37-35-39-36(40-41(33)35)44-22-28-8-6-5-7-9-28/h5-20,33H,21-22H2,1-4H3,(H,38,42)(H,37,39,40). The zero-order valence-corrected chi connectivity index (χ0v) is 26.1. The molecule has 1 atom stereocenters. The number of allylic oxidation sites excluding steroid dienone is 1. The molecule has 0 aliphatic carbocycles. The van der Waals surface area contributed by atoms with Crippen LogP contribution in [0.5, 0.6) is 5.75 Å². The molecule has 1 aliphatic heterocycles. The van der Waals surface area contributed by atoms with E-state index in [0.29, 0.717) is 23.3 Å². The van der Waals surface area contributed by atoms with Crippen LogP contribution in [0.15, 0.2) is 113 Å². The van der Waals surface area contributed by atoms with Gasteiger partial charge in [0.1, 0.15) is 18.4 Å². The van der Waals surface area contributed by atoms with Crippen LogP contribution in [-0.2, 0) is 17.2 Å². The number of aryl methyl sites for hydroxylation is 3. The summed E-state index contributed by atoms with van der Waals surface area (Å²) in [6, 6.07) is 32.0. The zero-order valence-electron chi connectivity index (χ0n) is 25.3. The Morgan fingerprint density at radius 2 is 1.61 bits per heavy atom. The first kappa shape index (κ1) is 29.3. The Morgan fingerprint density at radius 1 is 0.886 bits per heavy atom. The molecule has 0 saturated carbocycles. The van der Waals surface area contributed by atoms with Crippen LogP contribution in [-0.4, -0.2) is 20.7 Å². The van der Waals surface area contributed by atoms with E-state index in [1.165, 1.54) is 11.1 Å². The highest BCUT2D eigenvalue weighted by atomic mass is 32.2. The first-order chi connectivity index (χ1) is 21.3. The van der Waals surface area contributed by atoms with E-state index in [4.69, 9.17) is 14.8 Å². The van der Waals surface area contributed by atoms with Gasteiger partial charge in [-0.05, 0) is 68.1 Å². The number of carbonyl (C=O) groups excluding carboxylic acids is 1. The molecule has 7 nitrogen and oxygen atoms in total. The normalized spacial score (nSPS) is 14.1. The van der Waals surface area contributed by atoms with E-state index in [2.05, 4.69) is 60.0 Å². The zero-order chi connectivity index (χ0) is 30.6. The Hall–Kier alpha value is -4.82. The highest BCUT2D eigenvalue weighted by molar-refractivity contribution is 7.98. The Bertz CT molecular complexity index is 1810. The van der Waals surface area contributed by atoms with Crippen LogP contribution in [0.2, 0.25) is 0 Å². The summed E-state index contributed by atoms with van der Waals surface area (Å²) in [5, 5.41) is 12.0. The van der Waals surface area contributed by atoms with Crippen LogP contribution in [0.1, 0.15) is 46.3 Å². The second-order valence-corrected chi connectivity index (χ2v) is 12.1. The molecule has 0 saturated heterocycles. The van der Waals surface area contributed by atoms with Crippen molar-refractivity contribution >= 4 is 29.3 Å². The van der Waals surface area contributed by atoms with Gasteiger partial charge in [0.05, 0.1) is 5.57 Å². The molecule has 0 radical (unpaired) electrons. The van der Waals surface area contributed by atoms with Crippen LogP contribution in [0.4, 0.5) is 11.6 Å². The molecule has 2 heterocycles. The number of nitrogens with one attached hydrogen (secondary N) is 2. The summed E-state index contributed by atoms with van der Waals surface area (Å²) in [6.45, 7) is 8.51. The van der Waals surface area contributed by atoms with Gasteiger partial charge in [0, 0.05) is 17.1 Å². The summed E-state index contributed by atoms with van der Waals surface area (Å²) < 4.78 is 7.90. The lowest BCUT2D eigenvalue weighted by atomic mass is 9.94. The minimum atomic E-state index is -0.485. The van der Waals surface area contributed by atoms with Crippen molar-refractivity contribution in [3.63, 3.8) is 0 Å². The van der Waals surface area contributed by atoms with Gasteiger partial charge in [-0.1, -0.05) is 102 Å². The molecule has 6 rings (SSSR count). The van der Waals surface area contributed by atoms with Crippen molar-refractivity contribution < 1.29 is 9.53 Å². The number of thioether (sulfide) groups is 1. The SMILES string of the molecule is CC1=C(C(=O)Nc2ccc(C)cc2C)C(c2ccc(OCc3ccc(C)cc3)cc2)n2nc(SCc3ccccc3)nc2N1. The number of amides is 1.